The Morgan fingerprint density at radius 2 is 1.00 bits per heavy atom. The highest BCUT2D eigenvalue weighted by Crippen LogP contribution is 2.58. The minimum atomic E-state index is -0.216. The van der Waals surface area contributed by atoms with Crippen LogP contribution in [-0.4, -0.2) is 15.0 Å². The van der Waals surface area contributed by atoms with Gasteiger partial charge in [-0.25, -0.2) is 15.0 Å². The van der Waals surface area contributed by atoms with Gasteiger partial charge in [0.25, 0.3) is 0 Å². The lowest BCUT2D eigenvalue weighted by atomic mass is 9.55. The summed E-state index contributed by atoms with van der Waals surface area (Å²) in [5.41, 5.74) is 15.0. The van der Waals surface area contributed by atoms with Gasteiger partial charge in [0.1, 0.15) is 11.2 Å². The number of fused-ring (bicyclic) bond motifs is 9. The van der Waals surface area contributed by atoms with E-state index >= 15 is 0 Å². The van der Waals surface area contributed by atoms with Gasteiger partial charge in [-0.3, -0.25) is 0 Å². The number of aromatic nitrogens is 3. The molecule has 2 aliphatic rings. The molecule has 52 heavy (non-hydrogen) atoms. The minimum Gasteiger partial charge on any atom is -0.456 e. The van der Waals surface area contributed by atoms with E-state index < -0.39 is 0 Å². The third-order valence-electron chi connectivity index (χ3n) is 12.5. The lowest BCUT2D eigenvalue weighted by Crippen LogP contribution is -2.43. The first kappa shape index (κ1) is 30.9. The predicted molar refractivity (Wildman–Crippen MR) is 212 cm³/mol. The summed E-state index contributed by atoms with van der Waals surface area (Å²) in [5.74, 6) is 1.92. The molecule has 2 aromatic heterocycles. The lowest BCUT2D eigenvalue weighted by Gasteiger charge is -2.48. The normalized spacial score (nSPS) is 16.0. The average molecular weight is 674 g/mol. The zero-order valence-electron chi connectivity index (χ0n) is 30.4. The van der Waals surface area contributed by atoms with E-state index in [9.17, 15) is 0 Å². The fourth-order valence-electron chi connectivity index (χ4n) is 8.90. The topological polar surface area (TPSA) is 51.8 Å². The molecule has 4 nitrogen and oxygen atoms in total. The molecular formula is C48H39N3O. The summed E-state index contributed by atoms with van der Waals surface area (Å²) in [6.07, 6.45) is 0. The van der Waals surface area contributed by atoms with Gasteiger partial charge in [0.15, 0.2) is 17.5 Å². The molecule has 0 aliphatic heterocycles. The van der Waals surface area contributed by atoms with E-state index in [0.29, 0.717) is 17.5 Å². The Bertz CT molecular complexity index is 2770. The molecule has 2 heterocycles. The van der Waals surface area contributed by atoms with Crippen molar-refractivity contribution >= 4 is 21.9 Å². The van der Waals surface area contributed by atoms with Crippen LogP contribution in [0.1, 0.15) is 63.8 Å². The molecule has 0 unspecified atom stereocenters. The number of rotatable bonds is 3. The Kier molecular flexibility index (Phi) is 6.29. The van der Waals surface area contributed by atoms with Gasteiger partial charge in [-0.15, -0.1) is 0 Å². The van der Waals surface area contributed by atoms with Crippen molar-refractivity contribution in [1.29, 1.82) is 0 Å². The largest absolute Gasteiger partial charge is 0.456 e. The van der Waals surface area contributed by atoms with Crippen LogP contribution in [0.2, 0.25) is 0 Å². The van der Waals surface area contributed by atoms with Crippen LogP contribution in [0, 0.1) is 0 Å². The van der Waals surface area contributed by atoms with Gasteiger partial charge in [-0.2, -0.15) is 0 Å². The molecular weight excluding hydrogens is 635 g/mol. The molecule has 0 spiro atoms. The molecule has 0 amide bonds. The maximum atomic E-state index is 6.26. The number of benzene rings is 6. The van der Waals surface area contributed by atoms with Crippen LogP contribution < -0.4 is 0 Å². The average Bonchev–Trinajstić information content (AvgIpc) is 3.65. The molecule has 4 heteroatoms. The molecule has 0 saturated carbocycles. The van der Waals surface area contributed by atoms with E-state index in [2.05, 4.69) is 120 Å². The summed E-state index contributed by atoms with van der Waals surface area (Å²) in [6.45, 7) is 14.4. The number of para-hydroxylation sites is 1. The number of nitrogens with zero attached hydrogens (tertiary/aromatic N) is 3. The molecule has 10 rings (SSSR count). The van der Waals surface area contributed by atoms with Gasteiger partial charge in [0.2, 0.25) is 0 Å². The quantitative estimate of drug-likeness (QED) is 0.187. The van der Waals surface area contributed by atoms with Crippen LogP contribution in [-0.2, 0) is 16.2 Å². The molecule has 0 bridgehead atoms. The second-order valence-electron chi connectivity index (χ2n) is 16.1. The third kappa shape index (κ3) is 4.18. The van der Waals surface area contributed by atoms with Gasteiger partial charge < -0.3 is 4.42 Å². The van der Waals surface area contributed by atoms with Gasteiger partial charge in [-0.1, -0.05) is 145 Å². The van der Waals surface area contributed by atoms with Crippen LogP contribution in [0.4, 0.5) is 0 Å². The zero-order chi connectivity index (χ0) is 35.6. The highest BCUT2D eigenvalue weighted by Gasteiger charge is 2.47. The van der Waals surface area contributed by atoms with Crippen LogP contribution in [0.25, 0.3) is 78.4 Å². The molecule has 0 atom stereocenters. The summed E-state index contributed by atoms with van der Waals surface area (Å²) in [6, 6.07) is 45.2. The monoisotopic (exact) mass is 673 g/mol. The van der Waals surface area contributed by atoms with Crippen molar-refractivity contribution in [2.45, 2.75) is 57.8 Å². The van der Waals surface area contributed by atoms with Crippen LogP contribution in [0.3, 0.4) is 0 Å². The number of hydrogen-bond acceptors (Lipinski definition) is 4. The maximum Gasteiger partial charge on any atom is 0.164 e. The molecule has 0 saturated heterocycles. The van der Waals surface area contributed by atoms with E-state index in [4.69, 9.17) is 19.4 Å². The molecule has 0 fully saturated rings. The van der Waals surface area contributed by atoms with E-state index in [1.54, 1.807) is 0 Å². The molecule has 0 radical (unpaired) electrons. The van der Waals surface area contributed by atoms with Crippen molar-refractivity contribution in [2.24, 2.45) is 0 Å². The zero-order valence-corrected chi connectivity index (χ0v) is 30.4. The van der Waals surface area contributed by atoms with Gasteiger partial charge in [0.05, 0.1) is 0 Å². The smallest absolute Gasteiger partial charge is 0.164 e. The summed E-state index contributed by atoms with van der Waals surface area (Å²) < 4.78 is 6.26. The first-order chi connectivity index (χ1) is 25.0. The van der Waals surface area contributed by atoms with Crippen LogP contribution in [0.5, 0.6) is 0 Å². The first-order valence-electron chi connectivity index (χ1n) is 18.2. The molecule has 6 aromatic carbocycles. The van der Waals surface area contributed by atoms with Crippen molar-refractivity contribution in [3.8, 4) is 56.4 Å². The van der Waals surface area contributed by atoms with Crippen molar-refractivity contribution < 1.29 is 4.42 Å². The van der Waals surface area contributed by atoms with Crippen molar-refractivity contribution in [3.05, 3.63) is 150 Å². The van der Waals surface area contributed by atoms with E-state index in [1.807, 2.05) is 48.5 Å². The van der Waals surface area contributed by atoms with Gasteiger partial charge in [0, 0.05) is 32.9 Å². The summed E-state index contributed by atoms with van der Waals surface area (Å²) in [7, 11) is 0. The Labute approximate surface area is 304 Å². The molecule has 8 aromatic rings. The van der Waals surface area contributed by atoms with Gasteiger partial charge >= 0.3 is 0 Å². The summed E-state index contributed by atoms with van der Waals surface area (Å²) >= 11 is 0. The van der Waals surface area contributed by atoms with Crippen molar-refractivity contribution in [2.75, 3.05) is 0 Å². The summed E-state index contributed by atoms with van der Waals surface area (Å²) in [4.78, 5) is 15.4. The fraction of sp³-hybridized carbons (Fsp3) is 0.188. The van der Waals surface area contributed by atoms with E-state index in [1.165, 1.54) is 44.5 Å². The Morgan fingerprint density at radius 3 is 1.83 bits per heavy atom. The highest BCUT2D eigenvalue weighted by atomic mass is 16.3. The van der Waals surface area contributed by atoms with Crippen LogP contribution in [0.15, 0.2) is 132 Å². The third-order valence-corrected chi connectivity index (χ3v) is 12.5. The first-order valence-corrected chi connectivity index (χ1v) is 18.2. The number of hydrogen-bond donors (Lipinski definition) is 0. The highest BCUT2D eigenvalue weighted by molar-refractivity contribution is 6.11. The standard InChI is InChI=1S/C48H39N3O/c1-46(2)37-25-29(23-24-31(37)34-26-35-30-17-10-12-20-36(30)47(3,4)48(5,6)39(35)27-38(34)46)44-49-43(28-15-8-7-9-16-28)50-45(51-44)33-19-14-22-41-42(33)32-18-11-13-21-40(32)52-41/h7-27H,1-6H3. The Morgan fingerprint density at radius 1 is 0.404 bits per heavy atom. The second-order valence-corrected chi connectivity index (χ2v) is 16.1. The maximum absolute atomic E-state index is 6.26. The summed E-state index contributed by atoms with van der Waals surface area (Å²) in [5, 5.41) is 2.06. The second kappa shape index (κ2) is 10.6. The van der Waals surface area contributed by atoms with Crippen LogP contribution >= 0.6 is 0 Å². The Hall–Kier alpha value is -5.87. The molecule has 2 aliphatic carbocycles. The van der Waals surface area contributed by atoms with Gasteiger partial charge in [-0.05, 0) is 79.6 Å². The van der Waals surface area contributed by atoms with Crippen molar-refractivity contribution in [1.82, 2.24) is 15.0 Å². The molecule has 252 valence electrons. The minimum absolute atomic E-state index is 0.0203. The number of furan rings is 1. The van der Waals surface area contributed by atoms with Crippen molar-refractivity contribution in [3.63, 3.8) is 0 Å². The molecule has 0 N–H and O–H groups in total. The van der Waals surface area contributed by atoms with E-state index in [-0.39, 0.29) is 16.2 Å². The lowest BCUT2D eigenvalue weighted by molar-refractivity contribution is 0.298. The van der Waals surface area contributed by atoms with E-state index in [0.717, 1.165) is 38.6 Å². The fourth-order valence-corrected chi connectivity index (χ4v) is 8.90. The SMILES string of the molecule is CC1(C)c2cc(-c3nc(-c4ccccc4)nc(-c4cccc5oc6ccccc6c45)n3)ccc2-c2cc3c(cc21)C(C)(C)C(C)(C)c1ccccc1-3. The predicted octanol–water partition coefficient (Wildman–Crippen LogP) is 12.3. The Balaban J connectivity index is 1.16.